The van der Waals surface area contributed by atoms with Crippen molar-refractivity contribution >= 4 is 23.3 Å². The van der Waals surface area contributed by atoms with Gasteiger partial charge in [0.15, 0.2) is 0 Å². The fourth-order valence-corrected chi connectivity index (χ4v) is 2.55. The molecule has 0 aliphatic heterocycles. The highest BCUT2D eigenvalue weighted by molar-refractivity contribution is 5.68. The number of anilines is 1. The lowest BCUT2D eigenvalue weighted by Crippen LogP contribution is -2.21. The van der Waals surface area contributed by atoms with E-state index < -0.39 is 15.5 Å². The van der Waals surface area contributed by atoms with Crippen molar-refractivity contribution in [3.63, 3.8) is 0 Å². The molecule has 8 nitrogen and oxygen atoms in total. The summed E-state index contributed by atoms with van der Waals surface area (Å²) < 4.78 is 0. The number of rotatable bonds is 8. The van der Waals surface area contributed by atoms with Crippen molar-refractivity contribution in [1.82, 2.24) is 0 Å². The SMILES string of the molecule is CC[C@](C)(C/C=N/Nc1ccc([N+](=O)[O-])cc1[N+](=O)[O-])c1ccccc1. The van der Waals surface area contributed by atoms with Gasteiger partial charge >= 0.3 is 5.69 Å². The lowest BCUT2D eigenvalue weighted by Gasteiger charge is -2.27. The van der Waals surface area contributed by atoms with Crippen LogP contribution in [0.2, 0.25) is 0 Å². The molecule has 0 spiro atoms. The summed E-state index contributed by atoms with van der Waals surface area (Å²) >= 11 is 0. The first kappa shape index (κ1) is 19.0. The number of benzene rings is 2. The molecule has 8 heteroatoms. The summed E-state index contributed by atoms with van der Waals surface area (Å²) in [6.07, 6.45) is 3.21. The maximum Gasteiger partial charge on any atom is 0.301 e. The van der Waals surface area contributed by atoms with E-state index in [-0.39, 0.29) is 16.8 Å². The van der Waals surface area contributed by atoms with Crippen LogP contribution in [0.5, 0.6) is 0 Å². The highest BCUT2D eigenvalue weighted by atomic mass is 16.6. The van der Waals surface area contributed by atoms with Crippen LogP contribution in [0.15, 0.2) is 53.6 Å². The minimum Gasteiger partial charge on any atom is -0.272 e. The third kappa shape index (κ3) is 4.41. The van der Waals surface area contributed by atoms with E-state index in [9.17, 15) is 20.2 Å². The maximum atomic E-state index is 11.1. The van der Waals surface area contributed by atoms with Crippen molar-refractivity contribution in [3.8, 4) is 0 Å². The molecule has 0 aliphatic rings. The number of nitrogens with one attached hydrogen (secondary N) is 1. The third-order valence-electron chi connectivity index (χ3n) is 4.46. The molecule has 0 saturated heterocycles. The number of hydrazone groups is 1. The number of nitro benzene ring substituents is 2. The monoisotopic (exact) mass is 356 g/mol. The Morgan fingerprint density at radius 1 is 1.12 bits per heavy atom. The molecule has 2 aromatic carbocycles. The van der Waals surface area contributed by atoms with Gasteiger partial charge in [-0.25, -0.2) is 0 Å². The summed E-state index contributed by atoms with van der Waals surface area (Å²) in [4.78, 5) is 20.5. The Morgan fingerprint density at radius 3 is 2.38 bits per heavy atom. The molecule has 0 aromatic heterocycles. The van der Waals surface area contributed by atoms with Crippen LogP contribution >= 0.6 is 0 Å². The molecular formula is C18H20N4O4. The van der Waals surface area contributed by atoms with Crippen LogP contribution in [0.1, 0.15) is 32.3 Å². The Bertz CT molecular complexity index is 823. The van der Waals surface area contributed by atoms with E-state index in [1.54, 1.807) is 6.21 Å². The van der Waals surface area contributed by atoms with Crippen LogP contribution in [-0.2, 0) is 5.41 Å². The van der Waals surface area contributed by atoms with Crippen LogP contribution in [0, 0.1) is 20.2 Å². The number of nitro groups is 2. The lowest BCUT2D eigenvalue weighted by atomic mass is 9.78. The summed E-state index contributed by atoms with van der Waals surface area (Å²) in [7, 11) is 0. The summed E-state index contributed by atoms with van der Waals surface area (Å²) in [6.45, 7) is 4.22. The molecule has 1 N–H and O–H groups in total. The molecule has 0 radical (unpaired) electrons. The van der Waals surface area contributed by atoms with Crippen molar-refractivity contribution in [1.29, 1.82) is 0 Å². The van der Waals surface area contributed by atoms with Crippen molar-refractivity contribution < 1.29 is 9.85 Å². The van der Waals surface area contributed by atoms with E-state index in [1.165, 1.54) is 17.7 Å². The highest BCUT2D eigenvalue weighted by Gasteiger charge is 2.23. The molecule has 0 saturated carbocycles. The Kier molecular flexibility index (Phi) is 6.00. The van der Waals surface area contributed by atoms with Crippen LogP contribution in [0.25, 0.3) is 0 Å². The third-order valence-corrected chi connectivity index (χ3v) is 4.46. The molecule has 0 bridgehead atoms. The number of hydrogen-bond acceptors (Lipinski definition) is 6. The largest absolute Gasteiger partial charge is 0.301 e. The molecule has 1 atom stereocenters. The Morgan fingerprint density at radius 2 is 1.81 bits per heavy atom. The van der Waals surface area contributed by atoms with Gasteiger partial charge in [-0.15, -0.1) is 0 Å². The molecular weight excluding hydrogens is 336 g/mol. The second-order valence-electron chi connectivity index (χ2n) is 6.12. The van der Waals surface area contributed by atoms with E-state index in [0.29, 0.717) is 6.42 Å². The standard InChI is InChI=1S/C18H20N4O4/c1-3-18(2,14-7-5-4-6-8-14)11-12-19-20-16-10-9-15(21(23)24)13-17(16)22(25)26/h4-10,12-13,20H,3,11H2,1-2H3/b19-12+/t18-/m1/s1. The van der Waals surface area contributed by atoms with E-state index in [1.807, 2.05) is 18.2 Å². The van der Waals surface area contributed by atoms with E-state index in [2.05, 4.69) is 36.5 Å². The minimum atomic E-state index is -0.676. The predicted molar refractivity (Wildman–Crippen MR) is 101 cm³/mol. The predicted octanol–water partition coefficient (Wildman–Crippen LogP) is 4.66. The van der Waals surface area contributed by atoms with Crippen molar-refractivity contribution in [2.24, 2.45) is 5.10 Å². The molecule has 0 unspecified atom stereocenters. The summed E-state index contributed by atoms with van der Waals surface area (Å²) in [5, 5.41) is 25.9. The highest BCUT2D eigenvalue weighted by Crippen LogP contribution is 2.31. The molecule has 2 aromatic rings. The number of nitrogens with zero attached hydrogens (tertiary/aromatic N) is 3. The molecule has 2 rings (SSSR count). The van der Waals surface area contributed by atoms with Crippen LogP contribution in [-0.4, -0.2) is 16.1 Å². The zero-order chi connectivity index (χ0) is 19.2. The lowest BCUT2D eigenvalue weighted by molar-refractivity contribution is -0.393. The number of hydrogen-bond donors (Lipinski definition) is 1. The summed E-state index contributed by atoms with van der Waals surface area (Å²) in [5.41, 5.74) is 3.08. The average molecular weight is 356 g/mol. The maximum absolute atomic E-state index is 11.1. The Labute approximate surface area is 150 Å². The summed E-state index contributed by atoms with van der Waals surface area (Å²) in [5.74, 6) is 0. The first-order valence-corrected chi connectivity index (χ1v) is 8.13. The number of non-ortho nitro benzene ring substituents is 1. The topological polar surface area (TPSA) is 111 Å². The van der Waals surface area contributed by atoms with Crippen molar-refractivity contribution in [2.75, 3.05) is 5.43 Å². The molecule has 136 valence electrons. The smallest absolute Gasteiger partial charge is 0.272 e. The second-order valence-corrected chi connectivity index (χ2v) is 6.12. The minimum absolute atomic E-state index is 0.103. The van der Waals surface area contributed by atoms with Crippen molar-refractivity contribution in [3.05, 3.63) is 74.3 Å². The van der Waals surface area contributed by atoms with Gasteiger partial charge in [0.1, 0.15) is 5.69 Å². The van der Waals surface area contributed by atoms with E-state index in [0.717, 1.165) is 12.5 Å². The first-order valence-electron chi connectivity index (χ1n) is 8.13. The van der Waals surface area contributed by atoms with Gasteiger partial charge in [-0.3, -0.25) is 25.7 Å². The van der Waals surface area contributed by atoms with Gasteiger partial charge in [0.25, 0.3) is 5.69 Å². The fourth-order valence-electron chi connectivity index (χ4n) is 2.55. The first-order chi connectivity index (χ1) is 12.4. The van der Waals surface area contributed by atoms with Crippen LogP contribution in [0.4, 0.5) is 17.1 Å². The van der Waals surface area contributed by atoms with Gasteiger partial charge in [-0.2, -0.15) is 5.10 Å². The molecule has 0 aliphatic carbocycles. The van der Waals surface area contributed by atoms with Crippen molar-refractivity contribution in [2.45, 2.75) is 32.1 Å². The Hall–Kier alpha value is -3.29. The van der Waals surface area contributed by atoms with Gasteiger partial charge < -0.3 is 0 Å². The molecule has 0 heterocycles. The zero-order valence-corrected chi connectivity index (χ0v) is 14.6. The molecule has 26 heavy (non-hydrogen) atoms. The van der Waals surface area contributed by atoms with Gasteiger partial charge in [-0.05, 0) is 29.9 Å². The second kappa shape index (κ2) is 8.19. The summed E-state index contributed by atoms with van der Waals surface area (Å²) in [6, 6.07) is 13.4. The average Bonchev–Trinajstić information content (AvgIpc) is 2.65. The quantitative estimate of drug-likeness (QED) is 0.420. The van der Waals surface area contributed by atoms with Gasteiger partial charge in [0.2, 0.25) is 0 Å². The zero-order valence-electron chi connectivity index (χ0n) is 14.6. The van der Waals surface area contributed by atoms with Crippen LogP contribution in [0.3, 0.4) is 0 Å². The van der Waals surface area contributed by atoms with E-state index >= 15 is 0 Å². The normalized spacial score (nSPS) is 13.3. The fraction of sp³-hybridized carbons (Fsp3) is 0.278. The molecule has 0 fully saturated rings. The van der Waals surface area contributed by atoms with Gasteiger partial charge in [-0.1, -0.05) is 44.2 Å². The van der Waals surface area contributed by atoms with E-state index in [4.69, 9.17) is 0 Å². The van der Waals surface area contributed by atoms with Crippen LogP contribution < -0.4 is 5.43 Å². The molecule has 0 amide bonds. The van der Waals surface area contributed by atoms with Gasteiger partial charge in [0.05, 0.1) is 15.9 Å². The van der Waals surface area contributed by atoms with Gasteiger partial charge in [0, 0.05) is 12.3 Å². The Balaban J connectivity index is 2.13.